The topological polar surface area (TPSA) is 68.2 Å². The summed E-state index contributed by atoms with van der Waals surface area (Å²) >= 11 is 6.23. The zero-order valence-corrected chi connectivity index (χ0v) is 12.3. The maximum atomic E-state index is 11.3. The van der Waals surface area contributed by atoms with Crippen molar-refractivity contribution in [3.05, 3.63) is 35.1 Å². The van der Waals surface area contributed by atoms with Crippen molar-refractivity contribution in [1.29, 1.82) is 0 Å². The van der Waals surface area contributed by atoms with E-state index in [-0.39, 0.29) is 12.5 Å². The molecule has 21 heavy (non-hydrogen) atoms. The summed E-state index contributed by atoms with van der Waals surface area (Å²) in [6.45, 7) is 3.49. The van der Waals surface area contributed by atoms with E-state index in [0.29, 0.717) is 23.0 Å². The first-order valence-corrected chi connectivity index (χ1v) is 7.06. The van der Waals surface area contributed by atoms with Crippen LogP contribution >= 0.6 is 11.6 Å². The highest BCUT2D eigenvalue weighted by atomic mass is 35.5. The number of aromatic nitrogens is 2. The summed E-state index contributed by atoms with van der Waals surface area (Å²) in [6, 6.07) is 5.44. The fourth-order valence-corrected chi connectivity index (χ4v) is 2.45. The third-order valence-corrected chi connectivity index (χ3v) is 3.58. The van der Waals surface area contributed by atoms with Gasteiger partial charge in [0.15, 0.2) is 6.61 Å². The van der Waals surface area contributed by atoms with Gasteiger partial charge in [-0.2, -0.15) is 5.10 Å². The van der Waals surface area contributed by atoms with Gasteiger partial charge in [0.05, 0.1) is 28.6 Å². The molecule has 0 aliphatic carbocycles. The first kappa shape index (κ1) is 13.8. The minimum absolute atomic E-state index is 0.0245. The summed E-state index contributed by atoms with van der Waals surface area (Å²) in [6.07, 6.45) is 1.77. The van der Waals surface area contributed by atoms with Crippen LogP contribution in [0.4, 0.5) is 11.4 Å². The van der Waals surface area contributed by atoms with Gasteiger partial charge in [-0.25, -0.2) is 0 Å². The molecule has 2 N–H and O–H groups in total. The van der Waals surface area contributed by atoms with Gasteiger partial charge in [-0.15, -0.1) is 0 Å². The van der Waals surface area contributed by atoms with Crippen LogP contribution in [0.1, 0.15) is 12.6 Å². The molecule has 1 amide bonds. The van der Waals surface area contributed by atoms with Crippen LogP contribution < -0.4 is 15.4 Å². The van der Waals surface area contributed by atoms with Crippen LogP contribution in [0.2, 0.25) is 5.02 Å². The Morgan fingerprint density at radius 1 is 1.52 bits per heavy atom. The second-order valence-corrected chi connectivity index (χ2v) is 5.06. The molecule has 0 atom stereocenters. The van der Waals surface area contributed by atoms with Crippen LogP contribution in [0.5, 0.6) is 5.75 Å². The van der Waals surface area contributed by atoms with Crippen LogP contribution in [-0.4, -0.2) is 22.3 Å². The number of carbonyl (C=O) groups is 1. The summed E-state index contributed by atoms with van der Waals surface area (Å²) in [7, 11) is 0. The number of hydrogen-bond donors (Lipinski definition) is 2. The predicted molar refractivity (Wildman–Crippen MR) is 80.8 cm³/mol. The Morgan fingerprint density at radius 3 is 3.19 bits per heavy atom. The molecular formula is C14H15ClN4O2. The fourth-order valence-electron chi connectivity index (χ4n) is 2.22. The van der Waals surface area contributed by atoms with Crippen molar-refractivity contribution >= 4 is 28.9 Å². The molecule has 110 valence electrons. The maximum Gasteiger partial charge on any atom is 0.262 e. The molecule has 0 saturated heterocycles. The Bertz CT molecular complexity index is 684. The highest BCUT2D eigenvalue weighted by Gasteiger charge is 2.18. The van der Waals surface area contributed by atoms with E-state index in [1.54, 1.807) is 18.3 Å². The van der Waals surface area contributed by atoms with Gasteiger partial charge in [-0.3, -0.25) is 9.48 Å². The van der Waals surface area contributed by atoms with Crippen LogP contribution in [0.3, 0.4) is 0 Å². The molecule has 7 heteroatoms. The smallest absolute Gasteiger partial charge is 0.262 e. The van der Waals surface area contributed by atoms with E-state index in [9.17, 15) is 4.79 Å². The molecule has 0 fully saturated rings. The number of halogens is 1. The lowest BCUT2D eigenvalue weighted by atomic mass is 10.2. The second-order valence-electron chi connectivity index (χ2n) is 4.66. The van der Waals surface area contributed by atoms with E-state index in [1.807, 2.05) is 17.7 Å². The van der Waals surface area contributed by atoms with Crippen molar-refractivity contribution in [2.45, 2.75) is 20.0 Å². The van der Waals surface area contributed by atoms with Gasteiger partial charge in [0.25, 0.3) is 5.91 Å². The maximum absolute atomic E-state index is 11.3. The molecule has 3 rings (SSSR count). The second kappa shape index (κ2) is 5.65. The summed E-state index contributed by atoms with van der Waals surface area (Å²) in [5, 5.41) is 10.7. The number of nitrogens with zero attached hydrogens (tertiary/aromatic N) is 2. The number of rotatable bonds is 4. The Kier molecular flexibility index (Phi) is 3.70. The predicted octanol–water partition coefficient (Wildman–Crippen LogP) is 2.50. The molecule has 1 aromatic carbocycles. The number of ether oxygens (including phenoxy) is 1. The van der Waals surface area contributed by atoms with Crippen molar-refractivity contribution in [1.82, 2.24) is 9.78 Å². The fraction of sp³-hybridized carbons (Fsp3) is 0.286. The molecular weight excluding hydrogens is 292 g/mol. The van der Waals surface area contributed by atoms with Gasteiger partial charge in [-0.1, -0.05) is 11.6 Å². The monoisotopic (exact) mass is 306 g/mol. The molecule has 0 bridgehead atoms. The number of anilines is 2. The summed E-state index contributed by atoms with van der Waals surface area (Å²) in [4.78, 5) is 11.3. The van der Waals surface area contributed by atoms with E-state index in [0.717, 1.165) is 17.9 Å². The minimum Gasteiger partial charge on any atom is -0.482 e. The van der Waals surface area contributed by atoms with Gasteiger partial charge in [0.2, 0.25) is 0 Å². The summed E-state index contributed by atoms with van der Waals surface area (Å²) in [5.41, 5.74) is 2.43. The number of benzene rings is 1. The molecule has 0 radical (unpaired) electrons. The van der Waals surface area contributed by atoms with Crippen molar-refractivity contribution in [3.63, 3.8) is 0 Å². The summed E-state index contributed by atoms with van der Waals surface area (Å²) in [5.74, 6) is 0.441. The molecule has 1 aromatic heterocycles. The SMILES string of the molecule is CCn1nccc1CNc1cc2c(cc1Cl)NC(=O)CO2. The number of hydrogen-bond acceptors (Lipinski definition) is 4. The van der Waals surface area contributed by atoms with Crippen LogP contribution in [-0.2, 0) is 17.9 Å². The third kappa shape index (κ3) is 2.80. The average Bonchev–Trinajstić information content (AvgIpc) is 2.92. The van der Waals surface area contributed by atoms with Gasteiger partial charge in [0.1, 0.15) is 5.75 Å². The lowest BCUT2D eigenvalue weighted by molar-refractivity contribution is -0.118. The molecule has 1 aliphatic heterocycles. The number of amides is 1. The van der Waals surface area contributed by atoms with Crippen molar-refractivity contribution in [3.8, 4) is 5.75 Å². The summed E-state index contributed by atoms with van der Waals surface area (Å²) < 4.78 is 7.30. The number of carbonyl (C=O) groups excluding carboxylic acids is 1. The highest BCUT2D eigenvalue weighted by molar-refractivity contribution is 6.33. The minimum atomic E-state index is -0.175. The molecule has 0 unspecified atom stereocenters. The quantitative estimate of drug-likeness (QED) is 0.910. The Morgan fingerprint density at radius 2 is 2.38 bits per heavy atom. The van der Waals surface area contributed by atoms with Gasteiger partial charge < -0.3 is 15.4 Å². The number of aryl methyl sites for hydroxylation is 1. The zero-order valence-electron chi connectivity index (χ0n) is 11.5. The lowest BCUT2D eigenvalue weighted by Crippen LogP contribution is -2.25. The first-order valence-electron chi connectivity index (χ1n) is 6.68. The van der Waals surface area contributed by atoms with Crippen LogP contribution in [0.15, 0.2) is 24.4 Å². The lowest BCUT2D eigenvalue weighted by Gasteiger charge is -2.20. The molecule has 0 spiro atoms. The van der Waals surface area contributed by atoms with Gasteiger partial charge >= 0.3 is 0 Å². The van der Waals surface area contributed by atoms with E-state index in [4.69, 9.17) is 16.3 Å². The van der Waals surface area contributed by atoms with Gasteiger partial charge in [0, 0.05) is 18.8 Å². The van der Waals surface area contributed by atoms with E-state index >= 15 is 0 Å². The molecule has 2 aromatic rings. The molecule has 1 aliphatic rings. The molecule has 6 nitrogen and oxygen atoms in total. The number of fused-ring (bicyclic) bond motifs is 1. The van der Waals surface area contributed by atoms with Crippen LogP contribution in [0, 0.1) is 0 Å². The number of nitrogens with one attached hydrogen (secondary N) is 2. The van der Waals surface area contributed by atoms with Gasteiger partial charge in [-0.05, 0) is 19.1 Å². The Balaban J connectivity index is 1.78. The van der Waals surface area contributed by atoms with E-state index in [2.05, 4.69) is 15.7 Å². The molecule has 2 heterocycles. The third-order valence-electron chi connectivity index (χ3n) is 3.27. The van der Waals surface area contributed by atoms with Crippen molar-refractivity contribution in [2.24, 2.45) is 0 Å². The average molecular weight is 307 g/mol. The Hall–Kier alpha value is -2.21. The van der Waals surface area contributed by atoms with Crippen molar-refractivity contribution in [2.75, 3.05) is 17.2 Å². The largest absolute Gasteiger partial charge is 0.482 e. The zero-order chi connectivity index (χ0) is 14.8. The first-order chi connectivity index (χ1) is 10.2. The Labute approximate surface area is 127 Å². The van der Waals surface area contributed by atoms with Crippen molar-refractivity contribution < 1.29 is 9.53 Å². The molecule has 0 saturated carbocycles. The standard InChI is InChI=1S/C14H15ClN4O2/c1-2-19-9(3-4-17-19)7-16-11-6-13-12(5-10(11)15)18-14(20)8-21-13/h3-6,16H,2,7-8H2,1H3,(H,18,20). The highest BCUT2D eigenvalue weighted by Crippen LogP contribution is 2.36. The normalized spacial score (nSPS) is 13.3. The van der Waals surface area contributed by atoms with Crippen LogP contribution in [0.25, 0.3) is 0 Å². The van der Waals surface area contributed by atoms with E-state index < -0.39 is 0 Å². The van der Waals surface area contributed by atoms with E-state index in [1.165, 1.54) is 0 Å².